The molecular formula is C21H21F2N3O4. The summed E-state index contributed by atoms with van der Waals surface area (Å²) in [6.07, 6.45) is 2.74. The first kappa shape index (κ1) is 19.9. The lowest BCUT2D eigenvalue weighted by Crippen LogP contribution is -2.35. The number of ether oxygens (including phenoxy) is 2. The van der Waals surface area contributed by atoms with Crippen LogP contribution in [0.3, 0.4) is 0 Å². The molecule has 0 radical (unpaired) electrons. The van der Waals surface area contributed by atoms with Gasteiger partial charge in [-0.25, -0.2) is 18.1 Å². The SMILES string of the molecule is C[C@@H](COc1ccc(-c2nn3cc(OCC4CC4)ccc3c2F)c(F)c1)NC(=O)O. The van der Waals surface area contributed by atoms with E-state index in [1.54, 1.807) is 25.3 Å². The quantitative estimate of drug-likeness (QED) is 0.576. The molecule has 0 spiro atoms. The maximum atomic E-state index is 14.8. The van der Waals surface area contributed by atoms with Crippen LogP contribution in [0.25, 0.3) is 16.8 Å². The second-order valence-corrected chi connectivity index (χ2v) is 7.41. The minimum atomic E-state index is -1.17. The van der Waals surface area contributed by atoms with Crippen molar-refractivity contribution in [3.63, 3.8) is 0 Å². The zero-order valence-corrected chi connectivity index (χ0v) is 16.3. The molecule has 4 rings (SSSR count). The van der Waals surface area contributed by atoms with Gasteiger partial charge in [0.1, 0.15) is 35.1 Å². The molecule has 0 aliphatic heterocycles. The average molecular weight is 417 g/mol. The number of halogens is 2. The van der Waals surface area contributed by atoms with Gasteiger partial charge in [-0.05, 0) is 49.9 Å². The van der Waals surface area contributed by atoms with Crippen LogP contribution in [0.2, 0.25) is 0 Å². The first-order chi connectivity index (χ1) is 14.4. The van der Waals surface area contributed by atoms with Crippen molar-refractivity contribution in [1.29, 1.82) is 0 Å². The lowest BCUT2D eigenvalue weighted by Gasteiger charge is -2.13. The molecule has 1 aliphatic rings. The molecule has 2 heterocycles. The number of hydrogen-bond donors (Lipinski definition) is 2. The number of aromatic nitrogens is 2. The standard InChI is InChI=1S/C21H21F2N3O4/c1-12(24-21(27)28)10-29-14-4-6-16(17(22)8-14)20-19(23)18-7-5-15(9-26(18)25-20)30-11-13-2-3-13/h4-9,12-13,24H,2-3,10-11H2,1H3,(H,27,28)/t12-/m0/s1. The Balaban J connectivity index is 1.52. The summed E-state index contributed by atoms with van der Waals surface area (Å²) in [4.78, 5) is 10.6. The Morgan fingerprint density at radius 3 is 2.73 bits per heavy atom. The second kappa shape index (κ2) is 8.17. The smallest absolute Gasteiger partial charge is 0.404 e. The largest absolute Gasteiger partial charge is 0.492 e. The first-order valence-corrected chi connectivity index (χ1v) is 9.63. The van der Waals surface area contributed by atoms with Gasteiger partial charge in [0.15, 0.2) is 5.82 Å². The van der Waals surface area contributed by atoms with E-state index in [-0.39, 0.29) is 29.1 Å². The minimum Gasteiger partial charge on any atom is -0.492 e. The zero-order valence-electron chi connectivity index (χ0n) is 16.3. The molecule has 0 unspecified atom stereocenters. The summed E-state index contributed by atoms with van der Waals surface area (Å²) in [6.45, 7) is 2.27. The lowest BCUT2D eigenvalue weighted by atomic mass is 10.1. The minimum absolute atomic E-state index is 0.000656. The maximum Gasteiger partial charge on any atom is 0.404 e. The highest BCUT2D eigenvalue weighted by Gasteiger charge is 2.22. The number of nitrogens with zero attached hydrogens (tertiary/aromatic N) is 2. The summed E-state index contributed by atoms with van der Waals surface area (Å²) in [7, 11) is 0. The third-order valence-corrected chi connectivity index (χ3v) is 4.79. The Kier molecular flexibility index (Phi) is 5.43. The predicted molar refractivity (Wildman–Crippen MR) is 105 cm³/mol. The van der Waals surface area contributed by atoms with Gasteiger partial charge in [0.05, 0.1) is 18.8 Å². The molecule has 7 nitrogen and oxygen atoms in total. The third kappa shape index (κ3) is 4.45. The molecule has 1 aromatic carbocycles. The molecule has 3 aromatic rings. The first-order valence-electron chi connectivity index (χ1n) is 9.63. The summed E-state index contributed by atoms with van der Waals surface area (Å²) in [5.41, 5.74) is 0.108. The Morgan fingerprint density at radius 1 is 1.27 bits per heavy atom. The normalized spacial score (nSPS) is 14.5. The molecule has 1 fully saturated rings. The Hall–Kier alpha value is -3.36. The number of hydrogen-bond acceptors (Lipinski definition) is 4. The van der Waals surface area contributed by atoms with Crippen LogP contribution in [0.4, 0.5) is 13.6 Å². The van der Waals surface area contributed by atoms with Crippen molar-refractivity contribution in [3.05, 3.63) is 48.2 Å². The summed E-state index contributed by atoms with van der Waals surface area (Å²) < 4.78 is 41.9. The van der Waals surface area contributed by atoms with Crippen molar-refractivity contribution in [2.75, 3.05) is 13.2 Å². The molecule has 30 heavy (non-hydrogen) atoms. The van der Waals surface area contributed by atoms with Crippen molar-refractivity contribution in [2.24, 2.45) is 5.92 Å². The molecule has 1 saturated carbocycles. The predicted octanol–water partition coefficient (Wildman–Crippen LogP) is 4.10. The fraction of sp³-hybridized carbons (Fsp3) is 0.333. The molecule has 0 saturated heterocycles. The van der Waals surface area contributed by atoms with Crippen molar-refractivity contribution in [3.8, 4) is 22.8 Å². The van der Waals surface area contributed by atoms with Crippen LogP contribution in [0.5, 0.6) is 11.5 Å². The Labute approximate surface area is 171 Å². The summed E-state index contributed by atoms with van der Waals surface area (Å²) >= 11 is 0. The fourth-order valence-electron chi connectivity index (χ4n) is 3.01. The van der Waals surface area contributed by atoms with Gasteiger partial charge >= 0.3 is 6.09 Å². The van der Waals surface area contributed by atoms with Crippen molar-refractivity contribution in [2.45, 2.75) is 25.8 Å². The van der Waals surface area contributed by atoms with Crippen LogP contribution < -0.4 is 14.8 Å². The average Bonchev–Trinajstić information content (AvgIpc) is 3.48. The van der Waals surface area contributed by atoms with Crippen LogP contribution in [0.15, 0.2) is 36.5 Å². The Bertz CT molecular complexity index is 1080. The molecule has 2 N–H and O–H groups in total. The van der Waals surface area contributed by atoms with E-state index in [1.165, 1.54) is 16.6 Å². The molecule has 9 heteroatoms. The lowest BCUT2D eigenvalue weighted by molar-refractivity contribution is 0.183. The summed E-state index contributed by atoms with van der Waals surface area (Å²) in [6, 6.07) is 6.75. The van der Waals surface area contributed by atoms with Crippen LogP contribution in [-0.4, -0.2) is 40.1 Å². The fourth-order valence-corrected chi connectivity index (χ4v) is 3.01. The summed E-state index contributed by atoms with van der Waals surface area (Å²) in [5.74, 6) is 0.0461. The second-order valence-electron chi connectivity index (χ2n) is 7.41. The van der Waals surface area contributed by atoms with E-state index in [9.17, 15) is 13.6 Å². The van der Waals surface area contributed by atoms with Crippen LogP contribution in [0.1, 0.15) is 19.8 Å². The van der Waals surface area contributed by atoms with Crippen molar-refractivity contribution >= 4 is 11.6 Å². The van der Waals surface area contributed by atoms with Gasteiger partial charge in [-0.3, -0.25) is 0 Å². The van der Waals surface area contributed by atoms with E-state index in [1.807, 2.05) is 0 Å². The molecular weight excluding hydrogens is 396 g/mol. The van der Waals surface area contributed by atoms with E-state index in [0.717, 1.165) is 18.9 Å². The molecule has 1 atom stereocenters. The highest BCUT2D eigenvalue weighted by atomic mass is 19.1. The number of fused-ring (bicyclic) bond motifs is 1. The highest BCUT2D eigenvalue weighted by Crippen LogP contribution is 2.32. The van der Waals surface area contributed by atoms with Gasteiger partial charge in [0.2, 0.25) is 0 Å². The summed E-state index contributed by atoms with van der Waals surface area (Å²) in [5, 5.41) is 15.1. The van der Waals surface area contributed by atoms with Crippen LogP contribution in [0, 0.1) is 17.6 Å². The van der Waals surface area contributed by atoms with E-state index in [2.05, 4.69) is 10.4 Å². The third-order valence-electron chi connectivity index (χ3n) is 4.79. The van der Waals surface area contributed by atoms with Gasteiger partial charge in [-0.2, -0.15) is 5.10 Å². The molecule has 158 valence electrons. The van der Waals surface area contributed by atoms with Gasteiger partial charge in [0.25, 0.3) is 0 Å². The van der Waals surface area contributed by atoms with Crippen LogP contribution >= 0.6 is 0 Å². The number of benzene rings is 1. The van der Waals surface area contributed by atoms with E-state index in [0.29, 0.717) is 18.3 Å². The number of nitrogens with one attached hydrogen (secondary N) is 1. The van der Waals surface area contributed by atoms with E-state index in [4.69, 9.17) is 14.6 Å². The number of carboxylic acid groups (broad SMARTS) is 1. The van der Waals surface area contributed by atoms with Gasteiger partial charge in [-0.15, -0.1) is 0 Å². The number of rotatable bonds is 8. The molecule has 2 aromatic heterocycles. The van der Waals surface area contributed by atoms with Crippen molar-refractivity contribution < 1.29 is 28.2 Å². The molecule has 0 bridgehead atoms. The van der Waals surface area contributed by atoms with Gasteiger partial charge < -0.3 is 19.9 Å². The van der Waals surface area contributed by atoms with E-state index >= 15 is 0 Å². The van der Waals surface area contributed by atoms with Gasteiger partial charge in [-0.1, -0.05) is 0 Å². The van der Waals surface area contributed by atoms with Gasteiger partial charge in [0, 0.05) is 11.6 Å². The van der Waals surface area contributed by atoms with E-state index < -0.39 is 23.8 Å². The molecule has 1 amide bonds. The monoisotopic (exact) mass is 417 g/mol. The Morgan fingerprint density at radius 2 is 2.03 bits per heavy atom. The highest BCUT2D eigenvalue weighted by molar-refractivity contribution is 5.69. The maximum absolute atomic E-state index is 14.8. The number of carbonyl (C=O) groups is 1. The number of amides is 1. The topological polar surface area (TPSA) is 85.1 Å². The van der Waals surface area contributed by atoms with Crippen LogP contribution in [-0.2, 0) is 0 Å². The number of pyridine rings is 1. The zero-order chi connectivity index (χ0) is 21.3. The van der Waals surface area contributed by atoms with Crippen molar-refractivity contribution in [1.82, 2.24) is 14.9 Å². The molecule has 1 aliphatic carbocycles.